The van der Waals surface area contributed by atoms with Gasteiger partial charge in [0.05, 0.1) is 26.9 Å². The van der Waals surface area contributed by atoms with Gasteiger partial charge in [-0.1, -0.05) is 29.3 Å². The lowest BCUT2D eigenvalue weighted by atomic mass is 10.1. The lowest BCUT2D eigenvalue weighted by Gasteiger charge is -2.31. The summed E-state index contributed by atoms with van der Waals surface area (Å²) in [6.07, 6.45) is 0. The van der Waals surface area contributed by atoms with Crippen molar-refractivity contribution in [2.45, 2.75) is 13.8 Å². The Hall–Kier alpha value is -0.740. The fourth-order valence-corrected chi connectivity index (χ4v) is 3.22. The SMILES string of the molecule is Cc1nc2c(C)ccc(Cl)c2c(N2CCNCC2)c1Cl.Cl. The number of rotatable bonds is 1. The fourth-order valence-electron chi connectivity index (χ4n) is 2.72. The Morgan fingerprint density at radius 2 is 1.81 bits per heavy atom. The predicted molar refractivity (Wildman–Crippen MR) is 93.6 cm³/mol. The maximum atomic E-state index is 6.55. The Morgan fingerprint density at radius 1 is 1.14 bits per heavy atom. The van der Waals surface area contributed by atoms with Gasteiger partial charge in [0.2, 0.25) is 0 Å². The van der Waals surface area contributed by atoms with Gasteiger partial charge >= 0.3 is 0 Å². The van der Waals surface area contributed by atoms with Gasteiger partial charge in [-0.15, -0.1) is 12.4 Å². The molecule has 0 atom stereocenters. The Kier molecular flexibility index (Phi) is 5.20. The molecule has 0 radical (unpaired) electrons. The Bertz CT molecular complexity index is 667. The molecule has 1 fully saturated rings. The molecule has 2 aromatic rings. The van der Waals surface area contributed by atoms with Crippen molar-refractivity contribution in [2.24, 2.45) is 0 Å². The molecule has 21 heavy (non-hydrogen) atoms. The summed E-state index contributed by atoms with van der Waals surface area (Å²) < 4.78 is 0. The van der Waals surface area contributed by atoms with Gasteiger partial charge in [-0.2, -0.15) is 0 Å². The first-order valence-electron chi connectivity index (χ1n) is 6.80. The molecule has 1 aromatic carbocycles. The highest BCUT2D eigenvalue weighted by molar-refractivity contribution is 6.40. The standard InChI is InChI=1S/C15H17Cl2N3.ClH/c1-9-3-4-11(16)12-14(9)19-10(2)13(17)15(12)20-7-5-18-6-8-20;/h3-4,18H,5-8H2,1-2H3;1H. The third kappa shape index (κ3) is 2.93. The van der Waals surface area contributed by atoms with Gasteiger partial charge in [0, 0.05) is 31.6 Å². The van der Waals surface area contributed by atoms with Crippen LogP contribution in [0.4, 0.5) is 5.69 Å². The van der Waals surface area contributed by atoms with Gasteiger partial charge in [-0.25, -0.2) is 0 Å². The monoisotopic (exact) mass is 345 g/mol. The van der Waals surface area contributed by atoms with Crippen LogP contribution < -0.4 is 10.2 Å². The van der Waals surface area contributed by atoms with E-state index in [4.69, 9.17) is 23.2 Å². The topological polar surface area (TPSA) is 28.2 Å². The van der Waals surface area contributed by atoms with E-state index in [1.807, 2.05) is 19.1 Å². The number of aromatic nitrogens is 1. The maximum Gasteiger partial charge on any atom is 0.0859 e. The lowest BCUT2D eigenvalue weighted by Crippen LogP contribution is -2.43. The van der Waals surface area contributed by atoms with E-state index in [2.05, 4.69) is 22.1 Å². The van der Waals surface area contributed by atoms with Gasteiger partial charge in [-0.05, 0) is 25.5 Å². The number of nitrogens with zero attached hydrogens (tertiary/aromatic N) is 2. The highest BCUT2D eigenvalue weighted by Crippen LogP contribution is 2.40. The summed E-state index contributed by atoms with van der Waals surface area (Å²) in [5.74, 6) is 0. The van der Waals surface area contributed by atoms with Crippen LogP contribution in [0.2, 0.25) is 10.0 Å². The molecule has 1 aliphatic heterocycles. The highest BCUT2D eigenvalue weighted by Gasteiger charge is 2.21. The van der Waals surface area contributed by atoms with Crippen LogP contribution in [0.5, 0.6) is 0 Å². The van der Waals surface area contributed by atoms with Gasteiger partial charge in [0.1, 0.15) is 0 Å². The molecule has 0 amide bonds. The Morgan fingerprint density at radius 3 is 2.48 bits per heavy atom. The zero-order valence-corrected chi connectivity index (χ0v) is 14.4. The van der Waals surface area contributed by atoms with Crippen molar-refractivity contribution in [3.63, 3.8) is 0 Å². The van der Waals surface area contributed by atoms with Crippen molar-refractivity contribution >= 4 is 52.2 Å². The van der Waals surface area contributed by atoms with Crippen molar-refractivity contribution < 1.29 is 0 Å². The van der Waals surface area contributed by atoms with Crippen LogP contribution in [-0.2, 0) is 0 Å². The second-order valence-corrected chi connectivity index (χ2v) is 5.97. The number of hydrogen-bond acceptors (Lipinski definition) is 3. The van der Waals surface area contributed by atoms with Crippen molar-refractivity contribution in [1.82, 2.24) is 10.3 Å². The van der Waals surface area contributed by atoms with Crippen molar-refractivity contribution in [2.75, 3.05) is 31.1 Å². The summed E-state index contributed by atoms with van der Waals surface area (Å²) in [6.45, 7) is 7.80. The smallest absolute Gasteiger partial charge is 0.0859 e. The average molecular weight is 347 g/mol. The number of nitrogens with one attached hydrogen (secondary N) is 1. The minimum Gasteiger partial charge on any atom is -0.367 e. The van der Waals surface area contributed by atoms with E-state index >= 15 is 0 Å². The zero-order chi connectivity index (χ0) is 14.3. The van der Waals surface area contributed by atoms with Gasteiger partial charge in [-0.3, -0.25) is 4.98 Å². The molecule has 1 N–H and O–H groups in total. The molecule has 0 bridgehead atoms. The number of fused-ring (bicyclic) bond motifs is 1. The number of anilines is 1. The summed E-state index contributed by atoms with van der Waals surface area (Å²) >= 11 is 13.0. The quantitative estimate of drug-likeness (QED) is 0.846. The Balaban J connectivity index is 0.00000161. The van der Waals surface area contributed by atoms with Gasteiger partial charge in [0.15, 0.2) is 0 Å². The first-order chi connectivity index (χ1) is 9.59. The third-order valence-electron chi connectivity index (χ3n) is 3.80. The average Bonchev–Trinajstić information content (AvgIpc) is 2.46. The van der Waals surface area contributed by atoms with Crippen LogP contribution in [0.25, 0.3) is 10.9 Å². The zero-order valence-electron chi connectivity index (χ0n) is 12.0. The first kappa shape index (κ1) is 16.6. The van der Waals surface area contributed by atoms with E-state index in [-0.39, 0.29) is 12.4 Å². The molecule has 6 heteroatoms. The largest absolute Gasteiger partial charge is 0.367 e. The normalized spacial score (nSPS) is 15.1. The lowest BCUT2D eigenvalue weighted by molar-refractivity contribution is 0.590. The number of benzene rings is 1. The molecule has 1 aliphatic rings. The van der Waals surface area contributed by atoms with E-state index in [9.17, 15) is 0 Å². The second kappa shape index (κ2) is 6.57. The summed E-state index contributed by atoms with van der Waals surface area (Å²) in [6, 6.07) is 3.94. The van der Waals surface area contributed by atoms with Crippen molar-refractivity contribution in [3.8, 4) is 0 Å². The summed E-state index contributed by atoms with van der Waals surface area (Å²) in [5.41, 5.74) is 3.97. The first-order valence-corrected chi connectivity index (χ1v) is 7.55. The molecular weight excluding hydrogens is 329 g/mol. The maximum absolute atomic E-state index is 6.55. The molecule has 2 heterocycles. The molecule has 3 nitrogen and oxygen atoms in total. The van der Waals surface area contributed by atoms with Crippen LogP contribution in [0.15, 0.2) is 12.1 Å². The molecule has 0 unspecified atom stereocenters. The molecule has 0 spiro atoms. The second-order valence-electron chi connectivity index (χ2n) is 5.18. The van der Waals surface area contributed by atoms with Crippen molar-refractivity contribution in [1.29, 1.82) is 0 Å². The summed E-state index contributed by atoms with van der Waals surface area (Å²) in [5, 5.41) is 5.77. The van der Waals surface area contributed by atoms with Crippen LogP contribution in [0.1, 0.15) is 11.3 Å². The van der Waals surface area contributed by atoms with E-state index in [0.717, 1.165) is 54.0 Å². The highest BCUT2D eigenvalue weighted by atomic mass is 35.5. The number of pyridine rings is 1. The van der Waals surface area contributed by atoms with Gasteiger partial charge < -0.3 is 10.2 Å². The third-order valence-corrected chi connectivity index (χ3v) is 4.57. The molecule has 0 saturated carbocycles. The van der Waals surface area contributed by atoms with Crippen molar-refractivity contribution in [3.05, 3.63) is 33.4 Å². The number of aryl methyl sites for hydroxylation is 2. The van der Waals surface area contributed by atoms with Crippen LogP contribution in [0, 0.1) is 13.8 Å². The van der Waals surface area contributed by atoms with Crippen LogP contribution in [0.3, 0.4) is 0 Å². The Labute approximate surface area is 141 Å². The van der Waals surface area contributed by atoms with E-state index in [1.54, 1.807) is 0 Å². The molecule has 0 aliphatic carbocycles. The number of hydrogen-bond donors (Lipinski definition) is 1. The van der Waals surface area contributed by atoms with E-state index in [0.29, 0.717) is 10.0 Å². The van der Waals surface area contributed by atoms with Crippen LogP contribution >= 0.6 is 35.6 Å². The van der Waals surface area contributed by atoms with Crippen LogP contribution in [-0.4, -0.2) is 31.2 Å². The van der Waals surface area contributed by atoms with E-state index in [1.165, 1.54) is 0 Å². The minimum absolute atomic E-state index is 0. The molecule has 3 rings (SSSR count). The molecular formula is C15H18Cl3N3. The fraction of sp³-hybridized carbons (Fsp3) is 0.400. The number of halogens is 3. The predicted octanol–water partition coefficient (Wildman–Crippen LogP) is 3.99. The summed E-state index contributed by atoms with van der Waals surface area (Å²) in [7, 11) is 0. The van der Waals surface area contributed by atoms with Gasteiger partial charge in [0.25, 0.3) is 0 Å². The minimum atomic E-state index is 0. The molecule has 1 saturated heterocycles. The molecule has 1 aromatic heterocycles. The van der Waals surface area contributed by atoms with E-state index < -0.39 is 0 Å². The summed E-state index contributed by atoms with van der Waals surface area (Å²) in [4.78, 5) is 6.94. The number of piperazine rings is 1. The molecule has 114 valence electrons.